The second-order valence-electron chi connectivity index (χ2n) is 25.9. The third-order valence-corrected chi connectivity index (χ3v) is 23.4. The lowest BCUT2D eigenvalue weighted by atomic mass is 9.50. The highest BCUT2D eigenvalue weighted by Gasteiger charge is 2.67. The fourth-order valence-corrected chi connectivity index (χ4v) is 19.5. The molecule has 18 atom stereocenters. The lowest BCUT2D eigenvalue weighted by Crippen LogP contribution is -2.56. The van der Waals surface area contributed by atoms with Crippen molar-refractivity contribution in [3.63, 3.8) is 0 Å². The third kappa shape index (κ3) is 7.01. The van der Waals surface area contributed by atoms with Crippen molar-refractivity contribution >= 4 is 17.3 Å². The quantitative estimate of drug-likeness (QED) is 0.178. The van der Waals surface area contributed by atoms with E-state index in [9.17, 15) is 29.7 Å². The van der Waals surface area contributed by atoms with Crippen molar-refractivity contribution < 1.29 is 29.7 Å². The van der Waals surface area contributed by atoms with Gasteiger partial charge in [-0.15, -0.1) is 12.8 Å². The maximum absolute atomic E-state index is 12.3. The van der Waals surface area contributed by atoms with Crippen molar-refractivity contribution in [1.82, 2.24) is 0 Å². The Morgan fingerprint density at radius 2 is 1.00 bits per heavy atom. The Balaban J connectivity index is 0.000000122. The van der Waals surface area contributed by atoms with E-state index in [-0.39, 0.29) is 22.0 Å². The number of Topliss-reactive ketones (excluding diaryl/α,β-unsaturated/α-hetero) is 1. The molecule has 0 saturated heterocycles. The molecule has 12 rings (SSSR count). The van der Waals surface area contributed by atoms with Crippen LogP contribution in [0, 0.1) is 112 Å². The van der Waals surface area contributed by atoms with Gasteiger partial charge in [0.15, 0.2) is 28.6 Å². The molecule has 8 saturated carbocycles. The van der Waals surface area contributed by atoms with Gasteiger partial charge in [0.2, 0.25) is 0 Å². The SMILES string of the molecule is C#C[C@]1(O)C(=C)C[C@H]2[C@@H]3CC=C4C=C(C)CC[C@@H]4[C@H]3CC[C@@]21C.C#C[C@]1(O)C(=C)C[C@H]2[C@@H]3CCC4=CC(=O)CC[C@@H]4[C@H]3CC[C@@]21C.C=C1C[C@H]2[C@@H]3CCC4=CC(=O)CC[C@@H]4[C@H]3CC[C@]2(C)[C@]1(O)C(C)=O. The molecule has 0 radical (unpaired) electrons. The average molecular weight is 947 g/mol. The van der Waals surface area contributed by atoms with Gasteiger partial charge in [0, 0.05) is 29.1 Å². The highest BCUT2D eigenvalue weighted by Crippen LogP contribution is 2.69. The lowest BCUT2D eigenvalue weighted by molar-refractivity contribution is -0.152. The van der Waals surface area contributed by atoms with E-state index in [1.807, 2.05) is 12.2 Å². The zero-order valence-corrected chi connectivity index (χ0v) is 43.2. The number of hydrogen-bond donors (Lipinski definition) is 3. The fraction of sp³-hybridized carbons (Fsp3) is 0.672. The standard InChI is InChI=1S/C22H28O.C21H28O3.C21H26O2/c1-5-22(23)15(3)13-20-19-9-7-16-12-14(2)6-8-17(16)18(19)10-11-21(20,22)4;1-12-10-19-18-6-4-14-11-15(23)5-7-16(14)17(18)8-9-20(19,3)21(12,24)13(2)22;1-4-21(23)13(2)11-19-18-7-5-14-12-15(22)6-8-16(14)17(18)9-10-20(19,21)3/h1,7,12,17-20,23H,3,6,8-11,13H2,2,4H3;11,16-19,24H,1,4-10H2,2-3H3;1,12,16-19,23H,2,5-11H2,3H3/t17-,18+,19+,20-,21-,22-;16-,17+,18+,19-,20-,21+;16-,17+,18+,19-,20-,21-/m000/s1. The molecular weight excluding hydrogens is 865 g/mol. The van der Waals surface area contributed by atoms with Crippen LogP contribution in [0.25, 0.3) is 0 Å². The Hall–Kier alpha value is -3.81. The summed E-state index contributed by atoms with van der Waals surface area (Å²) in [5.74, 6) is 12.9. The van der Waals surface area contributed by atoms with E-state index in [1.54, 1.807) is 5.57 Å². The highest BCUT2D eigenvalue weighted by atomic mass is 16.3. The van der Waals surface area contributed by atoms with Crippen LogP contribution in [-0.2, 0) is 14.4 Å². The molecule has 374 valence electrons. The van der Waals surface area contributed by atoms with Gasteiger partial charge in [-0.2, -0.15) is 0 Å². The van der Waals surface area contributed by atoms with Crippen LogP contribution in [-0.4, -0.2) is 49.5 Å². The van der Waals surface area contributed by atoms with Crippen molar-refractivity contribution in [3.05, 3.63) is 83.1 Å². The largest absolute Gasteiger partial charge is 0.377 e. The van der Waals surface area contributed by atoms with Gasteiger partial charge in [-0.05, 0) is 235 Å². The predicted octanol–water partition coefficient (Wildman–Crippen LogP) is 11.9. The molecule has 0 aromatic rings. The smallest absolute Gasteiger partial charge is 0.166 e. The second-order valence-corrected chi connectivity index (χ2v) is 25.9. The van der Waals surface area contributed by atoms with Crippen molar-refractivity contribution in [3.8, 4) is 24.7 Å². The molecule has 0 spiro atoms. The minimum atomic E-state index is -1.35. The third-order valence-electron chi connectivity index (χ3n) is 23.4. The van der Waals surface area contributed by atoms with Crippen LogP contribution in [0.1, 0.15) is 163 Å². The van der Waals surface area contributed by atoms with Crippen LogP contribution in [0.2, 0.25) is 0 Å². The van der Waals surface area contributed by atoms with Gasteiger partial charge in [0.1, 0.15) is 5.60 Å². The molecule has 8 fully saturated rings. The number of ketones is 3. The van der Waals surface area contributed by atoms with Gasteiger partial charge < -0.3 is 15.3 Å². The summed E-state index contributed by atoms with van der Waals surface area (Å²) in [7, 11) is 0. The summed E-state index contributed by atoms with van der Waals surface area (Å²) < 4.78 is 0. The van der Waals surface area contributed by atoms with Crippen LogP contribution >= 0.6 is 0 Å². The fourth-order valence-electron chi connectivity index (χ4n) is 19.5. The Morgan fingerprint density at radius 1 is 0.571 bits per heavy atom. The summed E-state index contributed by atoms with van der Waals surface area (Å²) in [5.41, 5.74) is 3.95. The first-order chi connectivity index (χ1) is 33.1. The number of aliphatic hydroxyl groups is 3. The van der Waals surface area contributed by atoms with Gasteiger partial charge in [-0.1, -0.05) is 81.2 Å². The first-order valence-electron chi connectivity index (χ1n) is 27.6. The predicted molar refractivity (Wildman–Crippen MR) is 277 cm³/mol. The summed E-state index contributed by atoms with van der Waals surface area (Å²) in [4.78, 5) is 35.8. The van der Waals surface area contributed by atoms with E-state index in [0.29, 0.717) is 83.6 Å². The molecule has 0 aliphatic heterocycles. The van der Waals surface area contributed by atoms with E-state index in [2.05, 4.69) is 71.4 Å². The molecule has 6 heteroatoms. The van der Waals surface area contributed by atoms with Crippen molar-refractivity contribution in [1.29, 1.82) is 0 Å². The van der Waals surface area contributed by atoms with Crippen molar-refractivity contribution in [2.45, 2.75) is 180 Å². The molecule has 0 aromatic carbocycles. The van der Waals surface area contributed by atoms with Gasteiger partial charge in [-0.3, -0.25) is 14.4 Å². The molecule has 6 nitrogen and oxygen atoms in total. The highest BCUT2D eigenvalue weighted by molar-refractivity contribution is 5.92. The summed E-state index contributed by atoms with van der Waals surface area (Å²) in [6, 6.07) is 0. The number of hydrogen-bond acceptors (Lipinski definition) is 6. The topological polar surface area (TPSA) is 112 Å². The lowest BCUT2D eigenvalue weighted by Gasteiger charge is -2.55. The van der Waals surface area contributed by atoms with Crippen molar-refractivity contribution in [2.75, 3.05) is 0 Å². The van der Waals surface area contributed by atoms with Gasteiger partial charge in [0.05, 0.1) is 0 Å². The summed E-state index contributed by atoms with van der Waals surface area (Å²) >= 11 is 0. The number of carbonyl (C=O) groups excluding carboxylic acids is 3. The Morgan fingerprint density at radius 3 is 1.49 bits per heavy atom. The zero-order valence-electron chi connectivity index (χ0n) is 43.2. The normalized spacial score (nSPS) is 48.3. The molecule has 12 aliphatic carbocycles. The van der Waals surface area contributed by atoms with Gasteiger partial charge in [-0.25, -0.2) is 0 Å². The number of terminal acetylenes is 2. The van der Waals surface area contributed by atoms with E-state index >= 15 is 0 Å². The molecule has 70 heavy (non-hydrogen) atoms. The van der Waals surface area contributed by atoms with Crippen LogP contribution in [0.5, 0.6) is 0 Å². The van der Waals surface area contributed by atoms with Gasteiger partial charge >= 0.3 is 0 Å². The number of fused-ring (bicyclic) bond motifs is 15. The Kier molecular flexibility index (Phi) is 12.4. The maximum Gasteiger partial charge on any atom is 0.166 e. The van der Waals surface area contributed by atoms with E-state index in [4.69, 9.17) is 12.8 Å². The first-order valence-corrected chi connectivity index (χ1v) is 27.6. The molecule has 0 heterocycles. The van der Waals surface area contributed by atoms with E-state index in [0.717, 1.165) is 125 Å². The molecule has 0 bridgehead atoms. The maximum atomic E-state index is 12.3. The van der Waals surface area contributed by atoms with Crippen LogP contribution in [0.15, 0.2) is 83.1 Å². The first kappa shape index (κ1) is 49.8. The second kappa shape index (κ2) is 17.4. The Labute approximate surface area is 420 Å². The molecule has 12 aliphatic rings. The van der Waals surface area contributed by atoms with Gasteiger partial charge in [0.25, 0.3) is 0 Å². The molecule has 0 amide bonds. The molecular formula is C64H82O6. The van der Waals surface area contributed by atoms with Crippen LogP contribution in [0.3, 0.4) is 0 Å². The summed E-state index contributed by atoms with van der Waals surface area (Å²) in [6.45, 7) is 22.7. The molecule has 3 N–H and O–H groups in total. The number of allylic oxidation sites excluding steroid dienone is 6. The van der Waals surface area contributed by atoms with Crippen molar-refractivity contribution in [2.24, 2.45) is 87.3 Å². The van der Waals surface area contributed by atoms with E-state index in [1.165, 1.54) is 42.9 Å². The van der Waals surface area contributed by atoms with E-state index < -0.39 is 16.8 Å². The average Bonchev–Trinajstić information content (AvgIpc) is 3.79. The number of carbonyl (C=O) groups is 3. The zero-order chi connectivity index (χ0) is 50.1. The molecule has 0 aromatic heterocycles. The summed E-state index contributed by atoms with van der Waals surface area (Å²) in [5, 5.41) is 33.5. The minimum absolute atomic E-state index is 0.143. The number of rotatable bonds is 1. The van der Waals surface area contributed by atoms with Crippen LogP contribution in [0.4, 0.5) is 0 Å². The monoisotopic (exact) mass is 947 g/mol. The molecule has 0 unspecified atom stereocenters. The summed E-state index contributed by atoms with van der Waals surface area (Å²) in [6.07, 6.45) is 40.4. The Bertz CT molecular complexity index is 2520. The minimum Gasteiger partial charge on any atom is -0.377 e. The van der Waals surface area contributed by atoms with Crippen LogP contribution < -0.4 is 0 Å².